The molecule has 0 spiro atoms. The van der Waals surface area contributed by atoms with Crippen molar-refractivity contribution in [1.29, 1.82) is 0 Å². The highest BCUT2D eigenvalue weighted by atomic mass is 16.2. The Morgan fingerprint density at radius 3 is 2.85 bits per heavy atom. The van der Waals surface area contributed by atoms with Crippen LogP contribution in [0.1, 0.15) is 32.4 Å². The van der Waals surface area contributed by atoms with Crippen LogP contribution in [-0.2, 0) is 22.7 Å². The van der Waals surface area contributed by atoms with E-state index in [0.29, 0.717) is 5.69 Å². The van der Waals surface area contributed by atoms with Gasteiger partial charge in [0.05, 0.1) is 19.3 Å². The van der Waals surface area contributed by atoms with Crippen molar-refractivity contribution in [1.82, 2.24) is 25.6 Å². The first-order chi connectivity index (χ1) is 9.55. The summed E-state index contributed by atoms with van der Waals surface area (Å²) in [4.78, 5) is 22.7. The molecular formula is C12H22N6O2. The molecule has 1 aromatic rings. The van der Waals surface area contributed by atoms with Gasteiger partial charge in [0.1, 0.15) is 12.2 Å². The van der Waals surface area contributed by atoms with Crippen LogP contribution < -0.4 is 16.4 Å². The standard InChI is InChI=1S/C12H22N6O2/c1-3-4-9(2)15-12(20)8-18-7-10(16-17-18)6-14-11(19)5-13/h7,9H,3-6,8,13H2,1-2H3,(H,14,19)(H,15,20). The zero-order valence-electron chi connectivity index (χ0n) is 11.9. The lowest BCUT2D eigenvalue weighted by atomic mass is 10.2. The van der Waals surface area contributed by atoms with Crippen LogP contribution in [0.2, 0.25) is 0 Å². The van der Waals surface area contributed by atoms with E-state index in [2.05, 4.69) is 27.9 Å². The van der Waals surface area contributed by atoms with Gasteiger partial charge in [0.15, 0.2) is 0 Å². The maximum Gasteiger partial charge on any atom is 0.242 e. The minimum atomic E-state index is -0.259. The summed E-state index contributed by atoms with van der Waals surface area (Å²) in [6.07, 6.45) is 3.59. The molecule has 1 rings (SSSR count). The van der Waals surface area contributed by atoms with Crippen molar-refractivity contribution in [2.24, 2.45) is 5.73 Å². The molecule has 1 aromatic heterocycles. The van der Waals surface area contributed by atoms with E-state index in [0.717, 1.165) is 12.8 Å². The third-order valence-corrected chi connectivity index (χ3v) is 2.67. The Morgan fingerprint density at radius 2 is 2.20 bits per heavy atom. The number of rotatable bonds is 8. The average molecular weight is 282 g/mol. The monoisotopic (exact) mass is 282 g/mol. The van der Waals surface area contributed by atoms with E-state index in [1.165, 1.54) is 4.68 Å². The van der Waals surface area contributed by atoms with E-state index >= 15 is 0 Å². The molecule has 0 saturated heterocycles. The highest BCUT2D eigenvalue weighted by Crippen LogP contribution is 1.96. The van der Waals surface area contributed by atoms with Crippen LogP contribution in [0.25, 0.3) is 0 Å². The summed E-state index contributed by atoms with van der Waals surface area (Å²) in [5.41, 5.74) is 5.76. The van der Waals surface area contributed by atoms with Crippen molar-refractivity contribution >= 4 is 11.8 Å². The van der Waals surface area contributed by atoms with Crippen LogP contribution in [0.5, 0.6) is 0 Å². The van der Waals surface area contributed by atoms with Gasteiger partial charge in [-0.15, -0.1) is 5.10 Å². The molecule has 2 amide bonds. The average Bonchev–Trinajstić information content (AvgIpc) is 2.83. The molecule has 1 atom stereocenters. The normalized spacial score (nSPS) is 11.9. The van der Waals surface area contributed by atoms with Crippen LogP contribution in [0, 0.1) is 0 Å². The van der Waals surface area contributed by atoms with E-state index < -0.39 is 0 Å². The zero-order valence-corrected chi connectivity index (χ0v) is 11.9. The third-order valence-electron chi connectivity index (χ3n) is 2.67. The van der Waals surface area contributed by atoms with Crippen LogP contribution in [-0.4, -0.2) is 39.4 Å². The molecule has 0 saturated carbocycles. The lowest BCUT2D eigenvalue weighted by Crippen LogP contribution is -2.35. The second kappa shape index (κ2) is 8.26. The zero-order chi connectivity index (χ0) is 15.0. The van der Waals surface area contributed by atoms with Crippen molar-refractivity contribution in [3.63, 3.8) is 0 Å². The maximum absolute atomic E-state index is 11.7. The molecule has 1 unspecified atom stereocenters. The number of hydrogen-bond acceptors (Lipinski definition) is 5. The van der Waals surface area contributed by atoms with Gasteiger partial charge in [-0.3, -0.25) is 9.59 Å². The molecular weight excluding hydrogens is 260 g/mol. The number of amides is 2. The van der Waals surface area contributed by atoms with Gasteiger partial charge in [-0.2, -0.15) is 0 Å². The van der Waals surface area contributed by atoms with E-state index in [1.807, 2.05) is 6.92 Å². The maximum atomic E-state index is 11.7. The summed E-state index contributed by atoms with van der Waals surface area (Å²) in [5, 5.41) is 13.2. The van der Waals surface area contributed by atoms with Crippen LogP contribution in [0.15, 0.2) is 6.20 Å². The highest BCUT2D eigenvalue weighted by Gasteiger charge is 2.09. The Kier molecular flexibility index (Phi) is 6.65. The largest absolute Gasteiger partial charge is 0.352 e. The lowest BCUT2D eigenvalue weighted by Gasteiger charge is -2.12. The summed E-state index contributed by atoms with van der Waals surface area (Å²) in [6, 6.07) is 0.152. The molecule has 8 heteroatoms. The fraction of sp³-hybridized carbons (Fsp3) is 0.667. The number of aromatic nitrogens is 3. The SMILES string of the molecule is CCCC(C)NC(=O)Cn1cc(CNC(=O)CN)nn1. The molecule has 0 bridgehead atoms. The molecule has 0 radical (unpaired) electrons. The molecule has 0 fully saturated rings. The second-order valence-electron chi connectivity index (χ2n) is 4.65. The summed E-state index contributed by atoms with van der Waals surface area (Å²) in [7, 11) is 0. The van der Waals surface area contributed by atoms with Crippen molar-refractivity contribution in [2.75, 3.05) is 6.54 Å². The molecule has 1 heterocycles. The highest BCUT2D eigenvalue weighted by molar-refractivity contribution is 5.77. The number of nitrogens with zero attached hydrogens (tertiary/aromatic N) is 3. The Balaban J connectivity index is 2.39. The minimum Gasteiger partial charge on any atom is -0.352 e. The van der Waals surface area contributed by atoms with Crippen molar-refractivity contribution in [2.45, 2.75) is 45.8 Å². The molecule has 0 aliphatic carbocycles. The quantitative estimate of drug-likeness (QED) is 0.575. The Hall–Kier alpha value is -1.96. The van der Waals surface area contributed by atoms with Gasteiger partial charge in [-0.1, -0.05) is 18.6 Å². The van der Waals surface area contributed by atoms with Crippen LogP contribution in [0.3, 0.4) is 0 Å². The predicted molar refractivity (Wildman–Crippen MR) is 73.4 cm³/mol. The molecule has 112 valence electrons. The van der Waals surface area contributed by atoms with Gasteiger partial charge in [0.25, 0.3) is 0 Å². The number of carbonyl (C=O) groups excluding carboxylic acids is 2. The number of hydrogen-bond donors (Lipinski definition) is 3. The number of carbonyl (C=O) groups is 2. The molecule has 0 aliphatic rings. The third kappa shape index (κ3) is 5.79. The molecule has 0 aromatic carbocycles. The van der Waals surface area contributed by atoms with Crippen molar-refractivity contribution < 1.29 is 9.59 Å². The van der Waals surface area contributed by atoms with Gasteiger partial charge in [0.2, 0.25) is 11.8 Å². The topological polar surface area (TPSA) is 115 Å². The van der Waals surface area contributed by atoms with Gasteiger partial charge in [-0.05, 0) is 13.3 Å². The van der Waals surface area contributed by atoms with E-state index in [4.69, 9.17) is 5.73 Å². The summed E-state index contributed by atoms with van der Waals surface area (Å²) < 4.78 is 1.44. The molecule has 0 aliphatic heterocycles. The fourth-order valence-electron chi connectivity index (χ4n) is 1.73. The van der Waals surface area contributed by atoms with E-state index in [9.17, 15) is 9.59 Å². The summed E-state index contributed by atoms with van der Waals surface area (Å²) >= 11 is 0. The van der Waals surface area contributed by atoms with Crippen molar-refractivity contribution in [3.05, 3.63) is 11.9 Å². The first kappa shape index (κ1) is 16.1. The van der Waals surface area contributed by atoms with Crippen molar-refractivity contribution in [3.8, 4) is 0 Å². The Labute approximate surface area is 118 Å². The second-order valence-corrected chi connectivity index (χ2v) is 4.65. The smallest absolute Gasteiger partial charge is 0.242 e. The van der Waals surface area contributed by atoms with Gasteiger partial charge >= 0.3 is 0 Å². The van der Waals surface area contributed by atoms with Gasteiger partial charge in [-0.25, -0.2) is 4.68 Å². The molecule has 4 N–H and O–H groups in total. The lowest BCUT2D eigenvalue weighted by molar-refractivity contribution is -0.122. The van der Waals surface area contributed by atoms with Gasteiger partial charge in [0, 0.05) is 6.04 Å². The minimum absolute atomic E-state index is 0.0636. The first-order valence-corrected chi connectivity index (χ1v) is 6.70. The Morgan fingerprint density at radius 1 is 1.45 bits per heavy atom. The summed E-state index contributed by atoms with van der Waals surface area (Å²) in [5.74, 6) is -0.362. The first-order valence-electron chi connectivity index (χ1n) is 6.70. The van der Waals surface area contributed by atoms with Crippen LogP contribution in [0.4, 0.5) is 0 Å². The molecule has 20 heavy (non-hydrogen) atoms. The fourth-order valence-corrected chi connectivity index (χ4v) is 1.73. The van der Waals surface area contributed by atoms with E-state index in [-0.39, 0.29) is 37.5 Å². The van der Waals surface area contributed by atoms with Gasteiger partial charge < -0.3 is 16.4 Å². The van der Waals surface area contributed by atoms with E-state index in [1.54, 1.807) is 6.20 Å². The molecule has 8 nitrogen and oxygen atoms in total. The predicted octanol–water partition coefficient (Wildman–Crippen LogP) is -0.842. The van der Waals surface area contributed by atoms with Crippen LogP contribution >= 0.6 is 0 Å². The summed E-state index contributed by atoms with van der Waals surface area (Å²) in [6.45, 7) is 4.35. The number of nitrogens with one attached hydrogen (secondary N) is 2. The number of nitrogens with two attached hydrogens (primary N) is 1. The Bertz CT molecular complexity index is 445.